The Morgan fingerprint density at radius 1 is 0.511 bits per heavy atom. The highest BCUT2D eigenvalue weighted by molar-refractivity contribution is 5.30. The van der Waals surface area contributed by atoms with Crippen molar-refractivity contribution < 1.29 is 139 Å². The topological polar surface area (TPSA) is 456 Å². The van der Waals surface area contributed by atoms with Gasteiger partial charge in [-0.2, -0.15) is 0 Å². The number of rotatable bonds is 20. The van der Waals surface area contributed by atoms with Crippen LogP contribution in [0.3, 0.4) is 0 Å². The van der Waals surface area contributed by atoms with Crippen molar-refractivity contribution in [2.45, 2.75) is 285 Å². The lowest BCUT2D eigenvalue weighted by atomic mass is 9.39. The minimum atomic E-state index is -1.93. The Morgan fingerprint density at radius 3 is 1.45 bits per heavy atom. The van der Waals surface area contributed by atoms with Crippen LogP contribution < -0.4 is 0 Å². The van der Waals surface area contributed by atoms with Gasteiger partial charge in [0.1, 0.15) is 122 Å². The van der Waals surface area contributed by atoms with Gasteiger partial charge in [0.25, 0.3) is 0 Å². The van der Waals surface area contributed by atoms with Gasteiger partial charge in [-0.3, -0.25) is 0 Å². The fourth-order valence-corrected chi connectivity index (χ4v) is 16.9. The lowest BCUT2D eigenvalue weighted by Gasteiger charge is -2.66. The fourth-order valence-electron chi connectivity index (χ4n) is 16.9. The second-order valence-electron chi connectivity index (χ2n) is 28.7. The van der Waals surface area contributed by atoms with Crippen LogP contribution in [0.25, 0.3) is 0 Å². The second kappa shape index (κ2) is 27.4. The van der Waals surface area contributed by atoms with Crippen molar-refractivity contribution in [2.75, 3.05) is 33.0 Å². The predicted molar refractivity (Wildman–Crippen MR) is 299 cm³/mol. The van der Waals surface area contributed by atoms with E-state index in [4.69, 9.17) is 47.4 Å². The summed E-state index contributed by atoms with van der Waals surface area (Å²) in [5.41, 5.74) is -1.29. The number of hydrogen-bond acceptors (Lipinski definition) is 28. The summed E-state index contributed by atoms with van der Waals surface area (Å²) in [4.78, 5) is 0. The molecule has 0 radical (unpaired) electrons. The van der Waals surface area contributed by atoms with Gasteiger partial charge in [0.15, 0.2) is 31.5 Å². The Bertz CT molecular complexity index is 2310. The summed E-state index contributed by atoms with van der Waals surface area (Å²) in [6, 6.07) is 0. The van der Waals surface area contributed by atoms with Crippen molar-refractivity contribution in [3.8, 4) is 0 Å². The summed E-state index contributed by atoms with van der Waals surface area (Å²) in [7, 11) is 0. The molecule has 9 unspecified atom stereocenters. The van der Waals surface area contributed by atoms with E-state index in [0.29, 0.717) is 6.42 Å². The quantitative estimate of drug-likeness (QED) is 0.0512. The maximum absolute atomic E-state index is 12.0. The van der Waals surface area contributed by atoms with E-state index in [1.807, 2.05) is 0 Å². The molecule has 88 heavy (non-hydrogen) atoms. The van der Waals surface area contributed by atoms with Crippen molar-refractivity contribution in [1.29, 1.82) is 0 Å². The molecule has 0 aromatic heterocycles. The Labute approximate surface area is 512 Å². The summed E-state index contributed by atoms with van der Waals surface area (Å²) in [6.07, 6.45) is -34.3. The van der Waals surface area contributed by atoms with Crippen LogP contribution in [0, 0.1) is 45.3 Å². The SMILES string of the molecule is CC(C(CCC(C)(C)O)OC1O[C@H](CO[C@@H]2O[C@H](CO)[C@@H](O)[C@H](O)[C@H]2O)[C@@H](O)[C@H](O)[C@H]1O[C@@H]1O[C@H](CO)[C@@H](O)[C@H](O)[C@H]1O)C1CCC2(C)C3CC=C4C(CC[C@H](O[C@@H]5O[C@H](CO[C@@H]6O[C@H](CO)[C@@H](O)[C@H](O)[C@H]6O)[C@@H](O)[C@H](O)[C@H]5O)C4(C)C)C3(C)CCC12C. The molecule has 0 amide bonds. The first kappa shape index (κ1) is 70.9. The minimum Gasteiger partial charge on any atom is -0.394 e. The Kier molecular flexibility index (Phi) is 22.1. The van der Waals surface area contributed by atoms with E-state index in [9.17, 15) is 91.9 Å². The van der Waals surface area contributed by atoms with Gasteiger partial charge in [-0.15, -0.1) is 0 Å². The van der Waals surface area contributed by atoms with Crippen LogP contribution in [0.1, 0.15) is 113 Å². The third-order valence-corrected chi connectivity index (χ3v) is 22.7. The standard InChI is InChI=1S/C60H102O28/c1-24(28(14-15-56(2,3)78)81-55-50(88-54-49(77)43(71)38(66)31(21-63)84-54)45(73)40(68)33(86-55)23-80-52-47(75)42(70)37(65)30(20-62)83-52)25-13-16-60(8)34-11-9-26-27(58(34,6)17-18-59(25,60)7)10-12-35(57(26,4)5)87-53-48(76)44(72)39(67)32(85-53)22-79-51-46(74)41(69)36(64)29(19-61)82-51/h9,24-25,27-55,61-78H,10-23H2,1-8H3/t24?,25?,27?,28?,29-,30-,31-,32-,33-,34?,35+,36-,37-,38-,39-,40-,41+,42+,43+,44+,45+,46-,47-,48-,49-,50-,51-,52-,53+,54+,55?,58?,59?,60?/m1/s1. The number of aliphatic hydroxyl groups is 18. The van der Waals surface area contributed by atoms with Gasteiger partial charge in [-0.05, 0) is 112 Å². The highest BCUT2D eigenvalue weighted by Gasteiger charge is 2.68. The normalized spacial score (nSPS) is 51.4. The molecular weight excluding hydrogens is 1170 g/mol. The average molecular weight is 1270 g/mol. The summed E-state index contributed by atoms with van der Waals surface area (Å²) >= 11 is 0. The van der Waals surface area contributed by atoms with E-state index in [1.54, 1.807) is 13.8 Å². The molecule has 0 spiro atoms. The average Bonchev–Trinajstić information content (AvgIpc) is 1.35. The number of ether oxygens (including phenoxy) is 10. The van der Waals surface area contributed by atoms with Crippen LogP contribution in [-0.2, 0) is 47.4 Å². The maximum atomic E-state index is 12.0. The molecule has 9 rings (SSSR count). The summed E-state index contributed by atoms with van der Waals surface area (Å²) in [5.74, 6) is 0.0446. The van der Waals surface area contributed by atoms with Crippen molar-refractivity contribution in [1.82, 2.24) is 0 Å². The second-order valence-corrected chi connectivity index (χ2v) is 28.7. The Balaban J connectivity index is 0.931. The molecule has 8 fully saturated rings. The van der Waals surface area contributed by atoms with E-state index < -0.39 is 210 Å². The molecule has 510 valence electrons. The van der Waals surface area contributed by atoms with Gasteiger partial charge in [0, 0.05) is 5.41 Å². The zero-order valence-electron chi connectivity index (χ0n) is 51.5. The molecule has 28 nitrogen and oxygen atoms in total. The lowest BCUT2D eigenvalue weighted by molar-refractivity contribution is -0.378. The highest BCUT2D eigenvalue weighted by atomic mass is 16.8. The van der Waals surface area contributed by atoms with Crippen LogP contribution in [-0.4, -0.2) is 296 Å². The van der Waals surface area contributed by atoms with Crippen molar-refractivity contribution in [3.63, 3.8) is 0 Å². The first-order valence-corrected chi connectivity index (χ1v) is 31.4. The van der Waals surface area contributed by atoms with E-state index in [-0.39, 0.29) is 52.8 Å². The van der Waals surface area contributed by atoms with E-state index in [1.165, 1.54) is 5.57 Å². The molecule has 0 bridgehead atoms. The molecule has 0 aromatic rings. The molecule has 5 aliphatic heterocycles. The molecule has 0 aromatic carbocycles. The van der Waals surface area contributed by atoms with Crippen LogP contribution >= 0.6 is 0 Å². The first-order valence-electron chi connectivity index (χ1n) is 31.4. The molecule has 4 aliphatic carbocycles. The van der Waals surface area contributed by atoms with E-state index >= 15 is 0 Å². The maximum Gasteiger partial charge on any atom is 0.187 e. The summed E-state index contributed by atoms with van der Waals surface area (Å²) in [5, 5.41) is 193. The van der Waals surface area contributed by atoms with Crippen LogP contribution in [0.15, 0.2) is 11.6 Å². The Morgan fingerprint density at radius 2 is 0.955 bits per heavy atom. The van der Waals surface area contributed by atoms with Crippen LogP contribution in [0.4, 0.5) is 0 Å². The monoisotopic (exact) mass is 1270 g/mol. The minimum absolute atomic E-state index is 0.00345. The van der Waals surface area contributed by atoms with Crippen molar-refractivity contribution in [3.05, 3.63) is 11.6 Å². The van der Waals surface area contributed by atoms with Crippen LogP contribution in [0.2, 0.25) is 0 Å². The van der Waals surface area contributed by atoms with E-state index in [2.05, 4.69) is 47.6 Å². The van der Waals surface area contributed by atoms with Gasteiger partial charge >= 0.3 is 0 Å². The fraction of sp³-hybridized carbons (Fsp3) is 0.967. The number of hydrogen-bond donors (Lipinski definition) is 18. The van der Waals surface area contributed by atoms with Gasteiger partial charge in [0.05, 0.1) is 50.8 Å². The van der Waals surface area contributed by atoms with Gasteiger partial charge in [0.2, 0.25) is 0 Å². The van der Waals surface area contributed by atoms with Gasteiger partial charge in [-0.1, -0.05) is 53.2 Å². The summed E-state index contributed by atoms with van der Waals surface area (Å²) < 4.78 is 60.5. The molecular formula is C60H102O28. The zero-order valence-corrected chi connectivity index (χ0v) is 51.5. The van der Waals surface area contributed by atoms with Crippen molar-refractivity contribution >= 4 is 0 Å². The lowest BCUT2D eigenvalue weighted by Crippen LogP contribution is -2.65. The molecule has 3 saturated carbocycles. The number of fused-ring (bicyclic) bond motifs is 5. The molecule has 5 saturated heterocycles. The largest absolute Gasteiger partial charge is 0.394 e. The smallest absolute Gasteiger partial charge is 0.187 e. The Hall–Kier alpha value is -1.38. The molecule has 9 aliphatic rings. The van der Waals surface area contributed by atoms with Crippen LogP contribution in [0.5, 0.6) is 0 Å². The zero-order chi connectivity index (χ0) is 64.7. The molecule has 18 N–H and O–H groups in total. The van der Waals surface area contributed by atoms with Crippen molar-refractivity contribution in [2.24, 2.45) is 45.3 Å². The van der Waals surface area contributed by atoms with Gasteiger partial charge in [-0.25, -0.2) is 0 Å². The summed E-state index contributed by atoms with van der Waals surface area (Å²) in [6.45, 7) is 13.4. The third-order valence-electron chi connectivity index (χ3n) is 22.7. The highest BCUT2D eigenvalue weighted by Crippen LogP contribution is 2.75. The number of allylic oxidation sites excluding steroid dienone is 1. The van der Waals surface area contributed by atoms with E-state index in [0.717, 1.165) is 38.5 Å². The predicted octanol–water partition coefficient (Wildman–Crippen LogP) is -4.38. The molecule has 34 atom stereocenters. The van der Waals surface area contributed by atoms with Gasteiger partial charge < -0.3 is 139 Å². The molecule has 28 heteroatoms. The third kappa shape index (κ3) is 13.1. The first-order chi connectivity index (χ1) is 41.2. The number of aliphatic hydroxyl groups excluding tert-OH is 17. The molecule has 5 heterocycles.